The van der Waals surface area contributed by atoms with Gasteiger partial charge in [0.2, 0.25) is 0 Å². The molecule has 4 heteroatoms. The number of benzene rings is 1. The quantitative estimate of drug-likeness (QED) is 0.897. The van der Waals surface area contributed by atoms with E-state index in [1.165, 1.54) is 11.1 Å². The van der Waals surface area contributed by atoms with Crippen LogP contribution in [-0.2, 0) is 23.2 Å². The summed E-state index contributed by atoms with van der Waals surface area (Å²) in [4.78, 5) is 12.0. The van der Waals surface area contributed by atoms with Crippen LogP contribution >= 0.6 is 0 Å². The number of aliphatic hydroxyl groups excluding tert-OH is 1. The summed E-state index contributed by atoms with van der Waals surface area (Å²) in [5.41, 5.74) is 2.47. The minimum atomic E-state index is -0.671. The third-order valence-corrected chi connectivity index (χ3v) is 6.41. The second-order valence-electron chi connectivity index (χ2n) is 7.56. The number of hydrogen-bond donors (Lipinski definition) is 2. The Bertz CT molecular complexity index is 639. The molecule has 2 aliphatic rings. The van der Waals surface area contributed by atoms with Crippen LogP contribution in [-0.4, -0.2) is 23.3 Å². The maximum absolute atomic E-state index is 12.0. The van der Waals surface area contributed by atoms with Crippen molar-refractivity contribution in [3.05, 3.63) is 28.8 Å². The highest BCUT2D eigenvalue weighted by Crippen LogP contribution is 2.57. The van der Waals surface area contributed by atoms with E-state index in [1.807, 2.05) is 19.1 Å². The summed E-state index contributed by atoms with van der Waals surface area (Å²) in [6.45, 7) is 4.10. The third-order valence-electron chi connectivity index (χ3n) is 6.41. The van der Waals surface area contributed by atoms with Crippen LogP contribution in [0.5, 0.6) is 5.75 Å². The van der Waals surface area contributed by atoms with Gasteiger partial charge in [-0.3, -0.25) is 4.79 Å². The maximum Gasteiger partial charge on any atom is 0.309 e. The number of methoxy groups -OCH3 is 1. The minimum absolute atomic E-state index is 0.0383. The van der Waals surface area contributed by atoms with Gasteiger partial charge in [-0.05, 0) is 67.2 Å². The van der Waals surface area contributed by atoms with Gasteiger partial charge in [-0.2, -0.15) is 0 Å². The molecule has 0 amide bonds. The Morgan fingerprint density at radius 3 is 2.70 bits per heavy atom. The molecular weight excluding hydrogens is 292 g/mol. The predicted molar refractivity (Wildman–Crippen MR) is 87.7 cm³/mol. The molecule has 0 spiro atoms. The number of carboxylic acid groups (broad SMARTS) is 1. The number of hydrogen-bond acceptors (Lipinski definition) is 3. The smallest absolute Gasteiger partial charge is 0.309 e. The second kappa shape index (κ2) is 5.52. The number of rotatable bonds is 3. The number of aryl methyl sites for hydroxylation is 1. The van der Waals surface area contributed by atoms with E-state index in [4.69, 9.17) is 4.74 Å². The zero-order valence-corrected chi connectivity index (χ0v) is 14.2. The normalized spacial score (nSPS) is 32.8. The molecule has 2 aliphatic carbocycles. The van der Waals surface area contributed by atoms with E-state index in [2.05, 4.69) is 6.92 Å². The minimum Gasteiger partial charge on any atom is -0.496 e. The zero-order chi connectivity index (χ0) is 16.8. The molecule has 1 saturated carbocycles. The summed E-state index contributed by atoms with van der Waals surface area (Å²) in [7, 11) is 1.62. The highest BCUT2D eigenvalue weighted by molar-refractivity contribution is 5.75. The van der Waals surface area contributed by atoms with Crippen LogP contribution in [0, 0.1) is 11.3 Å². The molecule has 0 saturated heterocycles. The number of fused-ring (bicyclic) bond motifs is 3. The molecule has 1 unspecified atom stereocenters. The molecule has 1 fully saturated rings. The molecule has 4 nitrogen and oxygen atoms in total. The van der Waals surface area contributed by atoms with Gasteiger partial charge in [0.15, 0.2) is 0 Å². The fraction of sp³-hybridized carbons (Fsp3) is 0.632. The molecule has 126 valence electrons. The molecule has 0 aromatic heterocycles. The fourth-order valence-corrected chi connectivity index (χ4v) is 5.12. The van der Waals surface area contributed by atoms with Crippen molar-refractivity contribution < 1.29 is 19.7 Å². The maximum atomic E-state index is 12.0. The van der Waals surface area contributed by atoms with Crippen molar-refractivity contribution in [1.82, 2.24) is 0 Å². The summed E-state index contributed by atoms with van der Waals surface area (Å²) in [6.07, 6.45) is 4.46. The monoisotopic (exact) mass is 318 g/mol. The average Bonchev–Trinajstić information content (AvgIpc) is 2.53. The Balaban J connectivity index is 2.14. The first kappa shape index (κ1) is 16.3. The van der Waals surface area contributed by atoms with Crippen LogP contribution in [0.4, 0.5) is 0 Å². The number of ether oxygens (including phenoxy) is 1. The van der Waals surface area contributed by atoms with Crippen LogP contribution in [0.25, 0.3) is 0 Å². The van der Waals surface area contributed by atoms with Gasteiger partial charge in [-0.1, -0.05) is 13.3 Å². The molecule has 0 bridgehead atoms. The van der Waals surface area contributed by atoms with E-state index in [0.717, 1.165) is 37.7 Å². The van der Waals surface area contributed by atoms with Crippen molar-refractivity contribution in [2.45, 2.75) is 58.0 Å². The Morgan fingerprint density at radius 1 is 1.35 bits per heavy atom. The first-order valence-corrected chi connectivity index (χ1v) is 8.41. The average molecular weight is 318 g/mol. The van der Waals surface area contributed by atoms with Gasteiger partial charge in [0.1, 0.15) is 5.75 Å². The number of aliphatic carboxylic acids is 1. The molecule has 0 heterocycles. The zero-order valence-electron chi connectivity index (χ0n) is 14.2. The number of carboxylic acids is 1. The molecule has 3 atom stereocenters. The van der Waals surface area contributed by atoms with Gasteiger partial charge in [0.25, 0.3) is 0 Å². The van der Waals surface area contributed by atoms with Gasteiger partial charge < -0.3 is 14.9 Å². The van der Waals surface area contributed by atoms with Crippen molar-refractivity contribution in [2.75, 3.05) is 7.11 Å². The molecule has 0 radical (unpaired) electrons. The summed E-state index contributed by atoms with van der Waals surface area (Å²) in [6, 6.07) is 4.09. The van der Waals surface area contributed by atoms with Gasteiger partial charge in [0, 0.05) is 5.56 Å². The molecule has 1 aromatic rings. The second-order valence-corrected chi connectivity index (χ2v) is 7.56. The Kier molecular flexibility index (Phi) is 3.91. The predicted octanol–water partition coefficient (Wildman–Crippen LogP) is 3.28. The van der Waals surface area contributed by atoms with Crippen molar-refractivity contribution in [3.63, 3.8) is 0 Å². The Morgan fingerprint density at radius 2 is 2.09 bits per heavy atom. The van der Waals surface area contributed by atoms with Crippen molar-refractivity contribution in [2.24, 2.45) is 11.3 Å². The fourth-order valence-electron chi connectivity index (χ4n) is 5.12. The lowest BCUT2D eigenvalue weighted by molar-refractivity contribution is -0.157. The molecular formula is C19H26O4. The topological polar surface area (TPSA) is 66.8 Å². The Hall–Kier alpha value is -1.55. The number of carbonyl (C=O) groups is 1. The largest absolute Gasteiger partial charge is 0.496 e. The van der Waals surface area contributed by atoms with Crippen LogP contribution in [0.3, 0.4) is 0 Å². The lowest BCUT2D eigenvalue weighted by atomic mass is 9.50. The van der Waals surface area contributed by atoms with Crippen molar-refractivity contribution in [3.8, 4) is 5.75 Å². The SMILES string of the molecule is COc1cc2c(cc1CO)CC[C@H]1C(C)(C(=O)O)CCC[C@]21C. The van der Waals surface area contributed by atoms with E-state index in [-0.39, 0.29) is 17.9 Å². The van der Waals surface area contributed by atoms with E-state index in [0.29, 0.717) is 5.75 Å². The van der Waals surface area contributed by atoms with E-state index >= 15 is 0 Å². The van der Waals surface area contributed by atoms with Gasteiger partial charge in [0.05, 0.1) is 19.1 Å². The first-order chi connectivity index (χ1) is 10.9. The standard InChI is InChI=1S/C19H26O4/c1-18-7-4-8-19(2,17(21)22)16(18)6-5-12-9-13(11-20)15(23-3)10-14(12)18/h9-10,16,20H,4-8,11H2,1-3H3,(H,21,22)/t16-,18-,19?/m1/s1. The van der Waals surface area contributed by atoms with E-state index in [9.17, 15) is 15.0 Å². The van der Waals surface area contributed by atoms with E-state index < -0.39 is 11.4 Å². The lowest BCUT2D eigenvalue weighted by Crippen LogP contribution is -2.52. The van der Waals surface area contributed by atoms with Gasteiger partial charge in [-0.15, -0.1) is 0 Å². The summed E-state index contributed by atoms with van der Waals surface area (Å²) in [5, 5.41) is 19.4. The van der Waals surface area contributed by atoms with Gasteiger partial charge >= 0.3 is 5.97 Å². The lowest BCUT2D eigenvalue weighted by Gasteiger charge is -2.53. The van der Waals surface area contributed by atoms with Crippen LogP contribution < -0.4 is 4.74 Å². The van der Waals surface area contributed by atoms with Gasteiger partial charge in [-0.25, -0.2) is 0 Å². The van der Waals surface area contributed by atoms with Crippen LogP contribution in [0.2, 0.25) is 0 Å². The molecule has 23 heavy (non-hydrogen) atoms. The first-order valence-electron chi connectivity index (χ1n) is 8.41. The van der Waals surface area contributed by atoms with Crippen LogP contribution in [0.1, 0.15) is 56.2 Å². The molecule has 3 rings (SSSR count). The summed E-state index contributed by atoms with van der Waals surface area (Å²) < 4.78 is 5.45. The van der Waals surface area contributed by atoms with Crippen LogP contribution in [0.15, 0.2) is 12.1 Å². The summed E-state index contributed by atoms with van der Waals surface area (Å²) >= 11 is 0. The highest BCUT2D eigenvalue weighted by atomic mass is 16.5. The molecule has 2 N–H and O–H groups in total. The summed E-state index contributed by atoms with van der Waals surface area (Å²) in [5.74, 6) is 0.171. The third kappa shape index (κ3) is 2.26. The molecule has 0 aliphatic heterocycles. The highest BCUT2D eigenvalue weighted by Gasteiger charge is 2.55. The van der Waals surface area contributed by atoms with Crippen molar-refractivity contribution in [1.29, 1.82) is 0 Å². The molecule has 1 aromatic carbocycles. The Labute approximate surface area is 137 Å². The van der Waals surface area contributed by atoms with E-state index in [1.54, 1.807) is 7.11 Å². The number of aliphatic hydroxyl groups is 1. The van der Waals surface area contributed by atoms with Crippen molar-refractivity contribution >= 4 is 5.97 Å².